The summed E-state index contributed by atoms with van der Waals surface area (Å²) in [6.07, 6.45) is 0.902. The van der Waals surface area contributed by atoms with Crippen molar-refractivity contribution in [2.24, 2.45) is 0 Å². The van der Waals surface area contributed by atoms with Crippen molar-refractivity contribution in [2.45, 2.75) is 11.3 Å². The number of hydrogen-bond acceptors (Lipinski definition) is 3. The van der Waals surface area contributed by atoms with Crippen LogP contribution in [0.25, 0.3) is 0 Å². The van der Waals surface area contributed by atoms with E-state index in [4.69, 9.17) is 21.4 Å². The van der Waals surface area contributed by atoms with Crippen LogP contribution in [0.4, 0.5) is 0 Å². The van der Waals surface area contributed by atoms with Crippen LogP contribution in [0.5, 0.6) is 5.75 Å². The Labute approximate surface area is 132 Å². The number of aryl methyl sites for hydroxylation is 1. The molecule has 0 unspecified atom stereocenters. The molecular weight excluding hydrogens is 308 g/mol. The van der Waals surface area contributed by atoms with E-state index in [1.165, 1.54) is 5.56 Å². The number of carbonyl (C=O) groups is 1. The molecule has 0 aliphatic carbocycles. The first-order valence-electron chi connectivity index (χ1n) is 6.38. The minimum absolute atomic E-state index is 0.145. The molecule has 21 heavy (non-hydrogen) atoms. The van der Waals surface area contributed by atoms with Crippen molar-refractivity contribution < 1.29 is 14.6 Å². The van der Waals surface area contributed by atoms with E-state index in [2.05, 4.69) is 0 Å². The highest BCUT2D eigenvalue weighted by atomic mass is 35.5. The lowest BCUT2D eigenvalue weighted by Crippen LogP contribution is -1.97. The molecule has 0 aromatic heterocycles. The number of hydrogen-bond donors (Lipinski definition) is 1. The fraction of sp³-hybridized carbons (Fsp3) is 0.188. The molecule has 110 valence electrons. The van der Waals surface area contributed by atoms with Gasteiger partial charge in [0.25, 0.3) is 0 Å². The molecule has 0 fully saturated rings. The van der Waals surface area contributed by atoms with Crippen LogP contribution in [0, 0.1) is 0 Å². The third-order valence-electron chi connectivity index (χ3n) is 2.99. The molecule has 2 rings (SSSR count). The van der Waals surface area contributed by atoms with Gasteiger partial charge in [-0.2, -0.15) is 0 Å². The molecular formula is C16H15ClO3S. The summed E-state index contributed by atoms with van der Waals surface area (Å²) in [6, 6.07) is 13.0. The van der Waals surface area contributed by atoms with Gasteiger partial charge in [-0.3, -0.25) is 0 Å². The van der Waals surface area contributed by atoms with Crippen LogP contribution in [-0.4, -0.2) is 23.9 Å². The maximum atomic E-state index is 11.0. The van der Waals surface area contributed by atoms with Gasteiger partial charge < -0.3 is 9.84 Å². The summed E-state index contributed by atoms with van der Waals surface area (Å²) in [5, 5.41) is 9.30. The van der Waals surface area contributed by atoms with Gasteiger partial charge in [-0.25, -0.2) is 4.79 Å². The molecule has 0 bridgehead atoms. The van der Waals surface area contributed by atoms with Gasteiger partial charge in [0.2, 0.25) is 0 Å². The number of carboxylic acid groups (broad SMARTS) is 1. The van der Waals surface area contributed by atoms with Gasteiger partial charge in [0.15, 0.2) is 0 Å². The molecule has 0 saturated heterocycles. The van der Waals surface area contributed by atoms with Gasteiger partial charge in [0.1, 0.15) is 5.75 Å². The molecule has 0 saturated carbocycles. The third kappa shape index (κ3) is 4.41. The predicted molar refractivity (Wildman–Crippen MR) is 85.8 cm³/mol. The minimum atomic E-state index is -1.00. The van der Waals surface area contributed by atoms with Crippen molar-refractivity contribution in [3.05, 3.63) is 58.6 Å². The highest BCUT2D eigenvalue weighted by Crippen LogP contribution is 2.25. The second-order valence-electron chi connectivity index (χ2n) is 4.39. The van der Waals surface area contributed by atoms with Gasteiger partial charge >= 0.3 is 5.97 Å². The maximum absolute atomic E-state index is 11.0. The molecule has 1 N–H and O–H groups in total. The summed E-state index contributed by atoms with van der Waals surface area (Å²) < 4.78 is 5.12. The normalized spacial score (nSPS) is 10.4. The molecule has 0 aliphatic rings. The van der Waals surface area contributed by atoms with E-state index in [0.717, 1.165) is 22.8 Å². The largest absolute Gasteiger partial charge is 0.497 e. The smallest absolute Gasteiger partial charge is 0.337 e. The molecule has 0 heterocycles. The van der Waals surface area contributed by atoms with Crippen molar-refractivity contribution >= 4 is 29.3 Å². The maximum Gasteiger partial charge on any atom is 0.337 e. The second kappa shape index (κ2) is 7.38. The SMILES string of the molecule is COc1ccc(CCSc2ccc(Cl)c(C(=O)O)c2)cc1. The van der Waals surface area contributed by atoms with Crippen LogP contribution in [0.1, 0.15) is 15.9 Å². The molecule has 0 radical (unpaired) electrons. The van der Waals surface area contributed by atoms with Crippen LogP contribution >= 0.6 is 23.4 Å². The van der Waals surface area contributed by atoms with Gasteiger partial charge in [0, 0.05) is 10.6 Å². The fourth-order valence-corrected chi connectivity index (χ4v) is 2.97. The minimum Gasteiger partial charge on any atom is -0.497 e. The number of ether oxygens (including phenoxy) is 1. The lowest BCUT2D eigenvalue weighted by molar-refractivity contribution is 0.0697. The zero-order chi connectivity index (χ0) is 15.2. The summed E-state index contributed by atoms with van der Waals surface area (Å²) >= 11 is 7.46. The molecule has 0 amide bonds. The highest BCUT2D eigenvalue weighted by Gasteiger charge is 2.09. The lowest BCUT2D eigenvalue weighted by Gasteiger charge is -2.05. The molecule has 0 spiro atoms. The molecule has 2 aromatic rings. The Morgan fingerprint density at radius 1 is 1.24 bits per heavy atom. The number of halogens is 1. The van der Waals surface area contributed by atoms with Gasteiger partial charge in [-0.15, -0.1) is 11.8 Å². The van der Waals surface area contributed by atoms with Crippen LogP contribution in [0.15, 0.2) is 47.4 Å². The lowest BCUT2D eigenvalue weighted by atomic mass is 10.2. The van der Waals surface area contributed by atoms with Crippen molar-refractivity contribution in [3.8, 4) is 5.75 Å². The van der Waals surface area contributed by atoms with Gasteiger partial charge in [-0.1, -0.05) is 23.7 Å². The van der Waals surface area contributed by atoms with E-state index in [1.54, 1.807) is 31.0 Å². The first-order chi connectivity index (χ1) is 10.1. The number of rotatable bonds is 6. The van der Waals surface area contributed by atoms with Crippen molar-refractivity contribution in [1.29, 1.82) is 0 Å². The molecule has 0 aliphatic heterocycles. The standard InChI is InChI=1S/C16H15ClO3S/c1-20-12-4-2-11(3-5-12)8-9-21-13-6-7-15(17)14(10-13)16(18)19/h2-7,10H,8-9H2,1H3,(H,18,19). The Kier molecular flexibility index (Phi) is 5.53. The van der Waals surface area contributed by atoms with Crippen molar-refractivity contribution in [2.75, 3.05) is 12.9 Å². The summed E-state index contributed by atoms with van der Waals surface area (Å²) in [5.74, 6) is 0.709. The molecule has 5 heteroatoms. The topological polar surface area (TPSA) is 46.5 Å². The van der Waals surface area contributed by atoms with E-state index < -0.39 is 5.97 Å². The third-order valence-corrected chi connectivity index (χ3v) is 4.31. The van der Waals surface area contributed by atoms with Gasteiger partial charge in [-0.05, 0) is 42.3 Å². The monoisotopic (exact) mass is 322 g/mol. The summed E-state index contributed by atoms with van der Waals surface area (Å²) in [7, 11) is 1.64. The van der Waals surface area contributed by atoms with E-state index in [1.807, 2.05) is 30.3 Å². The Morgan fingerprint density at radius 3 is 2.57 bits per heavy atom. The van der Waals surface area contributed by atoms with Crippen LogP contribution < -0.4 is 4.74 Å². The number of methoxy groups -OCH3 is 1. The number of aromatic carboxylic acids is 1. The molecule has 0 atom stereocenters. The zero-order valence-electron chi connectivity index (χ0n) is 11.5. The average Bonchev–Trinajstić information content (AvgIpc) is 2.49. The summed E-state index contributed by atoms with van der Waals surface area (Å²) in [4.78, 5) is 11.9. The molecule has 2 aromatic carbocycles. The Balaban J connectivity index is 1.93. The quantitative estimate of drug-likeness (QED) is 0.802. The first kappa shape index (κ1) is 15.7. The van der Waals surface area contributed by atoms with E-state index in [9.17, 15) is 4.79 Å². The second-order valence-corrected chi connectivity index (χ2v) is 5.97. The Morgan fingerprint density at radius 2 is 1.95 bits per heavy atom. The first-order valence-corrected chi connectivity index (χ1v) is 7.75. The fourth-order valence-electron chi connectivity index (χ4n) is 1.84. The summed E-state index contributed by atoms with van der Waals surface area (Å²) in [6.45, 7) is 0. The Hall–Kier alpha value is -1.65. The summed E-state index contributed by atoms with van der Waals surface area (Å²) in [5.41, 5.74) is 1.36. The Bertz CT molecular complexity index is 626. The van der Waals surface area contributed by atoms with E-state index in [-0.39, 0.29) is 10.6 Å². The van der Waals surface area contributed by atoms with Crippen molar-refractivity contribution in [1.82, 2.24) is 0 Å². The predicted octanol–water partition coefficient (Wildman–Crippen LogP) is 4.38. The van der Waals surface area contributed by atoms with E-state index >= 15 is 0 Å². The van der Waals surface area contributed by atoms with Crippen LogP contribution in [0.3, 0.4) is 0 Å². The van der Waals surface area contributed by atoms with Crippen LogP contribution in [0.2, 0.25) is 5.02 Å². The molecule has 3 nitrogen and oxygen atoms in total. The van der Waals surface area contributed by atoms with E-state index in [0.29, 0.717) is 0 Å². The number of thioether (sulfide) groups is 1. The van der Waals surface area contributed by atoms with Gasteiger partial charge in [0.05, 0.1) is 17.7 Å². The highest BCUT2D eigenvalue weighted by molar-refractivity contribution is 7.99. The van der Waals surface area contributed by atoms with Crippen molar-refractivity contribution in [3.63, 3.8) is 0 Å². The van der Waals surface area contributed by atoms with Crippen LogP contribution in [-0.2, 0) is 6.42 Å². The average molecular weight is 323 g/mol. The number of carboxylic acids is 1. The number of benzene rings is 2. The zero-order valence-corrected chi connectivity index (χ0v) is 13.1.